The molecule has 0 radical (unpaired) electrons. The molecule has 2 heterocycles. The summed E-state index contributed by atoms with van der Waals surface area (Å²) in [7, 11) is 0. The molecule has 4 rings (SSSR count). The summed E-state index contributed by atoms with van der Waals surface area (Å²) in [6, 6.07) is 20.1. The van der Waals surface area contributed by atoms with Crippen molar-refractivity contribution in [2.75, 3.05) is 32.8 Å². The van der Waals surface area contributed by atoms with Crippen LogP contribution in [0.5, 0.6) is 0 Å². The minimum atomic E-state index is 0. The van der Waals surface area contributed by atoms with Gasteiger partial charge in [0.05, 0.1) is 6.10 Å². The van der Waals surface area contributed by atoms with Crippen LogP contribution in [0.1, 0.15) is 55.4 Å². The Kier molecular flexibility index (Phi) is 11.1. The molecule has 2 fully saturated rings. The highest BCUT2D eigenvalue weighted by molar-refractivity contribution is 14.0. The summed E-state index contributed by atoms with van der Waals surface area (Å²) in [4.78, 5) is 7.57. The van der Waals surface area contributed by atoms with Gasteiger partial charge in [0.2, 0.25) is 0 Å². The molecular formula is C28H41IN4O. The number of rotatable bonds is 7. The van der Waals surface area contributed by atoms with Crippen molar-refractivity contribution in [2.45, 2.75) is 58.2 Å². The van der Waals surface area contributed by atoms with Crippen molar-refractivity contribution < 1.29 is 4.74 Å². The first kappa shape index (κ1) is 27.0. The summed E-state index contributed by atoms with van der Waals surface area (Å²) in [5.41, 5.74) is 3.97. The van der Waals surface area contributed by atoms with Gasteiger partial charge >= 0.3 is 0 Å². The van der Waals surface area contributed by atoms with Crippen molar-refractivity contribution >= 4 is 29.9 Å². The Morgan fingerprint density at radius 3 is 2.47 bits per heavy atom. The second kappa shape index (κ2) is 14.0. The normalized spacial score (nSPS) is 22.1. The lowest BCUT2D eigenvalue weighted by atomic mass is 9.89. The molecule has 2 aliphatic rings. The van der Waals surface area contributed by atoms with Crippen LogP contribution in [-0.2, 0) is 11.3 Å². The summed E-state index contributed by atoms with van der Waals surface area (Å²) in [5.74, 6) is 1.37. The van der Waals surface area contributed by atoms with E-state index in [-0.39, 0.29) is 30.1 Å². The molecule has 0 aromatic heterocycles. The van der Waals surface area contributed by atoms with Crippen molar-refractivity contribution in [1.82, 2.24) is 15.5 Å². The topological polar surface area (TPSA) is 48.9 Å². The average molecular weight is 577 g/mol. The van der Waals surface area contributed by atoms with Gasteiger partial charge in [-0.3, -0.25) is 9.89 Å². The SMILES string of the molecule is CCNC(=NCC1CCCOC1c1ccc(C)cc1)NC1CCN(Cc2ccccc2)CC1.I. The molecule has 5 nitrogen and oxygen atoms in total. The summed E-state index contributed by atoms with van der Waals surface area (Å²) < 4.78 is 6.20. The Morgan fingerprint density at radius 2 is 1.76 bits per heavy atom. The van der Waals surface area contributed by atoms with E-state index in [0.717, 1.165) is 64.6 Å². The van der Waals surface area contributed by atoms with Crippen LogP contribution >= 0.6 is 24.0 Å². The van der Waals surface area contributed by atoms with Gasteiger partial charge < -0.3 is 15.4 Å². The van der Waals surface area contributed by atoms with E-state index in [1.807, 2.05) is 0 Å². The van der Waals surface area contributed by atoms with Gasteiger partial charge in [-0.25, -0.2) is 0 Å². The van der Waals surface area contributed by atoms with Crippen LogP contribution in [0.15, 0.2) is 59.6 Å². The number of ether oxygens (including phenoxy) is 1. The lowest BCUT2D eigenvalue weighted by Crippen LogP contribution is -2.48. The van der Waals surface area contributed by atoms with E-state index >= 15 is 0 Å². The highest BCUT2D eigenvalue weighted by atomic mass is 127. The molecule has 2 aliphatic heterocycles. The second-order valence-electron chi connectivity index (χ2n) is 9.50. The predicted octanol–water partition coefficient (Wildman–Crippen LogP) is 5.30. The fraction of sp³-hybridized carbons (Fsp3) is 0.536. The monoisotopic (exact) mass is 576 g/mol. The molecule has 34 heavy (non-hydrogen) atoms. The largest absolute Gasteiger partial charge is 0.373 e. The minimum absolute atomic E-state index is 0. The van der Waals surface area contributed by atoms with Gasteiger partial charge in [-0.2, -0.15) is 0 Å². The van der Waals surface area contributed by atoms with Gasteiger partial charge in [-0.15, -0.1) is 24.0 Å². The number of aryl methyl sites for hydroxylation is 1. The van der Waals surface area contributed by atoms with Gasteiger partial charge in [-0.1, -0.05) is 60.2 Å². The zero-order chi connectivity index (χ0) is 22.9. The van der Waals surface area contributed by atoms with Crippen LogP contribution in [0.4, 0.5) is 0 Å². The van der Waals surface area contributed by atoms with Gasteiger partial charge in [-0.05, 0) is 50.7 Å². The number of benzene rings is 2. The maximum atomic E-state index is 6.20. The molecular weight excluding hydrogens is 535 g/mol. The van der Waals surface area contributed by atoms with Gasteiger partial charge in [0.25, 0.3) is 0 Å². The number of likely N-dealkylation sites (tertiary alicyclic amines) is 1. The molecule has 2 atom stereocenters. The zero-order valence-electron chi connectivity index (χ0n) is 20.7. The van der Waals surface area contributed by atoms with Gasteiger partial charge in [0.1, 0.15) is 0 Å². The van der Waals surface area contributed by atoms with Crippen LogP contribution in [0.3, 0.4) is 0 Å². The minimum Gasteiger partial charge on any atom is -0.373 e. The summed E-state index contributed by atoms with van der Waals surface area (Å²) in [6.45, 7) is 10.1. The maximum Gasteiger partial charge on any atom is 0.191 e. The molecule has 2 saturated heterocycles. The third kappa shape index (κ3) is 7.95. The number of nitrogens with one attached hydrogen (secondary N) is 2. The van der Waals surface area contributed by atoms with Gasteiger partial charge in [0.15, 0.2) is 5.96 Å². The van der Waals surface area contributed by atoms with Crippen LogP contribution in [0.2, 0.25) is 0 Å². The molecule has 0 bridgehead atoms. The van der Waals surface area contributed by atoms with Crippen molar-refractivity contribution in [3.05, 3.63) is 71.3 Å². The quantitative estimate of drug-likeness (QED) is 0.267. The number of nitrogens with zero attached hydrogens (tertiary/aromatic N) is 2. The number of guanidine groups is 1. The standard InChI is InChI=1S/C28H40N4O.HI/c1-3-29-28(31-26-15-17-32(18-16-26)21-23-8-5-4-6-9-23)30-20-25-10-7-19-33-27(25)24-13-11-22(2)12-14-24;/h4-6,8-9,11-14,25-27H,3,7,10,15-21H2,1-2H3,(H2,29,30,31);1H. The Balaban J connectivity index is 0.00000324. The zero-order valence-corrected chi connectivity index (χ0v) is 23.0. The van der Waals surface area contributed by atoms with Crippen LogP contribution in [0.25, 0.3) is 0 Å². The smallest absolute Gasteiger partial charge is 0.191 e. The average Bonchev–Trinajstić information content (AvgIpc) is 2.85. The Morgan fingerprint density at radius 1 is 1.03 bits per heavy atom. The van der Waals surface area contributed by atoms with Crippen molar-refractivity contribution in [2.24, 2.45) is 10.9 Å². The Bertz CT molecular complexity index is 866. The molecule has 2 unspecified atom stereocenters. The first-order chi connectivity index (χ1) is 16.2. The van der Waals surface area contributed by atoms with E-state index in [4.69, 9.17) is 9.73 Å². The molecule has 6 heteroatoms. The van der Waals surface area contributed by atoms with Crippen molar-refractivity contribution in [1.29, 1.82) is 0 Å². The Labute approximate surface area is 222 Å². The first-order valence-electron chi connectivity index (χ1n) is 12.7. The molecule has 2 aromatic rings. The number of hydrogen-bond donors (Lipinski definition) is 2. The second-order valence-corrected chi connectivity index (χ2v) is 9.50. The molecule has 0 saturated carbocycles. The molecule has 2 aromatic carbocycles. The van der Waals surface area contributed by atoms with Crippen LogP contribution < -0.4 is 10.6 Å². The van der Waals surface area contributed by atoms with E-state index in [9.17, 15) is 0 Å². The number of halogens is 1. The highest BCUT2D eigenvalue weighted by Crippen LogP contribution is 2.34. The van der Waals surface area contributed by atoms with Crippen molar-refractivity contribution in [3.8, 4) is 0 Å². The van der Waals surface area contributed by atoms with Crippen LogP contribution in [-0.4, -0.2) is 49.7 Å². The molecule has 0 spiro atoms. The maximum absolute atomic E-state index is 6.20. The van der Waals surface area contributed by atoms with E-state index < -0.39 is 0 Å². The summed E-state index contributed by atoms with van der Waals surface area (Å²) in [5, 5.41) is 7.18. The molecule has 0 aliphatic carbocycles. The number of piperidine rings is 1. The first-order valence-corrected chi connectivity index (χ1v) is 12.7. The summed E-state index contributed by atoms with van der Waals surface area (Å²) in [6.07, 6.45) is 4.73. The number of aliphatic imine (C=N–C) groups is 1. The molecule has 2 N–H and O–H groups in total. The van der Waals surface area contributed by atoms with Crippen LogP contribution in [0, 0.1) is 12.8 Å². The van der Waals surface area contributed by atoms with E-state index in [1.54, 1.807) is 0 Å². The molecule has 0 amide bonds. The third-order valence-corrected chi connectivity index (χ3v) is 6.86. The Hall–Kier alpha value is -1.64. The third-order valence-electron chi connectivity index (χ3n) is 6.86. The lowest BCUT2D eigenvalue weighted by Gasteiger charge is -2.34. The fourth-order valence-corrected chi connectivity index (χ4v) is 4.95. The fourth-order valence-electron chi connectivity index (χ4n) is 4.95. The van der Waals surface area contributed by atoms with E-state index in [2.05, 4.69) is 84.0 Å². The molecule has 186 valence electrons. The van der Waals surface area contributed by atoms with E-state index in [0.29, 0.717) is 12.0 Å². The van der Waals surface area contributed by atoms with Crippen molar-refractivity contribution in [3.63, 3.8) is 0 Å². The highest BCUT2D eigenvalue weighted by Gasteiger charge is 2.27. The van der Waals surface area contributed by atoms with Gasteiger partial charge in [0, 0.05) is 51.3 Å². The lowest BCUT2D eigenvalue weighted by molar-refractivity contribution is -0.0250. The van der Waals surface area contributed by atoms with E-state index in [1.165, 1.54) is 23.1 Å². The predicted molar refractivity (Wildman–Crippen MR) is 152 cm³/mol. The number of hydrogen-bond acceptors (Lipinski definition) is 3. The summed E-state index contributed by atoms with van der Waals surface area (Å²) >= 11 is 0.